The van der Waals surface area contributed by atoms with Crippen molar-refractivity contribution in [1.82, 2.24) is 15.1 Å². The molecule has 3 aromatic rings. The fourth-order valence-electron chi connectivity index (χ4n) is 4.00. The number of rotatable bonds is 8. The second-order valence-electron chi connectivity index (χ2n) is 7.71. The molecule has 5 rings (SSSR count). The van der Waals surface area contributed by atoms with Crippen molar-refractivity contribution in [2.45, 2.75) is 25.6 Å². The van der Waals surface area contributed by atoms with Gasteiger partial charge in [-0.1, -0.05) is 10.4 Å². The number of hydrogen-bond acceptors (Lipinski definition) is 11. The summed E-state index contributed by atoms with van der Waals surface area (Å²) in [7, 11) is 3.09. The van der Waals surface area contributed by atoms with Crippen LogP contribution >= 0.6 is 0 Å². The van der Waals surface area contributed by atoms with E-state index in [1.165, 1.54) is 5.01 Å². The Balaban J connectivity index is 1.33. The molecule has 2 aliphatic rings. The number of carbonyl (C=O) groups is 2. The minimum Gasteiger partial charge on any atom is -0.497 e. The molecule has 180 valence electrons. The zero-order valence-corrected chi connectivity index (χ0v) is 19.2. The highest BCUT2D eigenvalue weighted by Crippen LogP contribution is 2.34. The Labute approximate surface area is 200 Å². The van der Waals surface area contributed by atoms with E-state index >= 15 is 0 Å². The molecular formula is C23H22N6O6. The summed E-state index contributed by atoms with van der Waals surface area (Å²) >= 11 is 0. The molecule has 12 heteroatoms. The van der Waals surface area contributed by atoms with E-state index in [0.29, 0.717) is 40.9 Å². The van der Waals surface area contributed by atoms with Crippen LogP contribution < -0.4 is 19.1 Å². The number of imide groups is 1. The average molecular weight is 478 g/mol. The molecule has 0 N–H and O–H groups in total. The molecule has 0 saturated carbocycles. The van der Waals surface area contributed by atoms with Gasteiger partial charge in [0.2, 0.25) is 11.7 Å². The molecule has 3 heterocycles. The molecule has 2 amide bonds. The summed E-state index contributed by atoms with van der Waals surface area (Å²) in [5.74, 6) is 1.46. The third-order valence-corrected chi connectivity index (χ3v) is 5.68. The summed E-state index contributed by atoms with van der Waals surface area (Å²) in [6.45, 7) is 2.41. The number of carbonyl (C=O) groups excluding carboxylic acids is 2. The van der Waals surface area contributed by atoms with Crippen molar-refractivity contribution >= 4 is 17.5 Å². The van der Waals surface area contributed by atoms with Gasteiger partial charge < -0.3 is 18.7 Å². The Morgan fingerprint density at radius 1 is 1.00 bits per heavy atom. The Bertz CT molecular complexity index is 1290. The SMILES string of the molecule is CCOc1ccc(-c2noc(CN3N=NC4C(=O)N(c5ccc(OC)cc5)C(=O)C43)n2)cc1OC. The van der Waals surface area contributed by atoms with Crippen LogP contribution in [0.1, 0.15) is 12.8 Å². The fourth-order valence-corrected chi connectivity index (χ4v) is 4.00. The standard InChI is InChI=1S/C23H22N6O6/c1-4-34-16-10-5-13(11-17(16)33-3)21-24-18(35-26-21)12-28-20-19(25-27-28)22(30)29(23(20)31)14-6-8-15(32-2)9-7-14/h5-11,19-20H,4,12H2,1-3H3. The van der Waals surface area contributed by atoms with E-state index in [9.17, 15) is 9.59 Å². The maximum atomic E-state index is 13.2. The van der Waals surface area contributed by atoms with Gasteiger partial charge in [0.1, 0.15) is 12.3 Å². The van der Waals surface area contributed by atoms with Crippen LogP contribution in [0, 0.1) is 0 Å². The van der Waals surface area contributed by atoms with Gasteiger partial charge in [-0.15, -0.1) is 0 Å². The molecular weight excluding hydrogens is 456 g/mol. The Morgan fingerprint density at radius 2 is 1.80 bits per heavy atom. The number of methoxy groups -OCH3 is 2. The minimum absolute atomic E-state index is 0.0152. The molecule has 0 spiro atoms. The zero-order chi connectivity index (χ0) is 24.5. The Hall–Kier alpha value is -4.48. The van der Waals surface area contributed by atoms with Gasteiger partial charge in [-0.25, -0.2) is 4.90 Å². The molecule has 0 aliphatic carbocycles. The van der Waals surface area contributed by atoms with Gasteiger partial charge >= 0.3 is 0 Å². The number of anilines is 1. The van der Waals surface area contributed by atoms with E-state index in [1.807, 2.05) is 6.92 Å². The molecule has 1 saturated heterocycles. The van der Waals surface area contributed by atoms with Crippen LogP contribution in [0.3, 0.4) is 0 Å². The van der Waals surface area contributed by atoms with E-state index in [-0.39, 0.29) is 12.4 Å². The van der Waals surface area contributed by atoms with E-state index in [4.69, 9.17) is 18.7 Å². The van der Waals surface area contributed by atoms with Crippen molar-refractivity contribution in [3.05, 3.63) is 48.4 Å². The molecule has 12 nitrogen and oxygen atoms in total. The molecule has 1 aromatic heterocycles. The lowest BCUT2D eigenvalue weighted by atomic mass is 10.1. The monoisotopic (exact) mass is 478 g/mol. The second kappa shape index (κ2) is 9.05. The Morgan fingerprint density at radius 3 is 2.51 bits per heavy atom. The third-order valence-electron chi connectivity index (χ3n) is 5.68. The summed E-state index contributed by atoms with van der Waals surface area (Å²) in [4.78, 5) is 31.6. The maximum absolute atomic E-state index is 13.2. The molecule has 1 fully saturated rings. The highest BCUT2D eigenvalue weighted by atomic mass is 16.5. The highest BCUT2D eigenvalue weighted by molar-refractivity contribution is 6.25. The number of hydrogen-bond donors (Lipinski definition) is 0. The predicted molar refractivity (Wildman–Crippen MR) is 121 cm³/mol. The number of amides is 2. The van der Waals surface area contributed by atoms with Gasteiger partial charge in [0.15, 0.2) is 23.6 Å². The van der Waals surface area contributed by atoms with Crippen molar-refractivity contribution in [3.63, 3.8) is 0 Å². The van der Waals surface area contributed by atoms with Crippen LogP contribution in [0.4, 0.5) is 5.69 Å². The molecule has 0 bridgehead atoms. The lowest BCUT2D eigenvalue weighted by Gasteiger charge is -2.19. The van der Waals surface area contributed by atoms with Crippen LogP contribution in [-0.4, -0.2) is 59.9 Å². The molecule has 2 unspecified atom stereocenters. The van der Waals surface area contributed by atoms with Gasteiger partial charge in [0, 0.05) is 5.56 Å². The van der Waals surface area contributed by atoms with E-state index in [1.54, 1.807) is 56.7 Å². The van der Waals surface area contributed by atoms with E-state index in [0.717, 1.165) is 4.90 Å². The predicted octanol–water partition coefficient (Wildman–Crippen LogP) is 2.65. The number of ether oxygens (including phenoxy) is 3. The summed E-state index contributed by atoms with van der Waals surface area (Å²) in [5, 5.41) is 13.5. The maximum Gasteiger partial charge on any atom is 0.263 e. The number of aromatic nitrogens is 2. The van der Waals surface area contributed by atoms with Crippen LogP contribution in [0.15, 0.2) is 57.3 Å². The quantitative estimate of drug-likeness (QED) is 0.448. The zero-order valence-electron chi connectivity index (χ0n) is 19.2. The average Bonchev–Trinajstić information content (AvgIpc) is 3.58. The van der Waals surface area contributed by atoms with Crippen LogP contribution in [-0.2, 0) is 16.1 Å². The smallest absolute Gasteiger partial charge is 0.263 e. The van der Waals surface area contributed by atoms with Gasteiger partial charge in [0.05, 0.1) is 26.5 Å². The molecule has 35 heavy (non-hydrogen) atoms. The van der Waals surface area contributed by atoms with Crippen molar-refractivity contribution in [1.29, 1.82) is 0 Å². The highest BCUT2D eigenvalue weighted by Gasteiger charge is 2.55. The van der Waals surface area contributed by atoms with E-state index < -0.39 is 23.9 Å². The van der Waals surface area contributed by atoms with Crippen molar-refractivity contribution in [2.75, 3.05) is 25.7 Å². The first kappa shape index (κ1) is 22.3. The summed E-state index contributed by atoms with van der Waals surface area (Å²) in [6.07, 6.45) is 0. The lowest BCUT2D eigenvalue weighted by Crippen LogP contribution is -2.39. The van der Waals surface area contributed by atoms with Gasteiger partial charge in [-0.3, -0.25) is 14.6 Å². The second-order valence-corrected chi connectivity index (χ2v) is 7.71. The summed E-state index contributed by atoms with van der Waals surface area (Å²) in [6, 6.07) is 10.1. The van der Waals surface area contributed by atoms with Crippen LogP contribution in [0.2, 0.25) is 0 Å². The minimum atomic E-state index is -0.928. The molecule has 0 radical (unpaired) electrons. The largest absolute Gasteiger partial charge is 0.497 e. The Kier molecular flexibility index (Phi) is 5.77. The molecule has 2 atom stereocenters. The summed E-state index contributed by atoms with van der Waals surface area (Å²) in [5.41, 5.74) is 1.11. The van der Waals surface area contributed by atoms with E-state index in [2.05, 4.69) is 20.5 Å². The van der Waals surface area contributed by atoms with Crippen LogP contribution in [0.25, 0.3) is 11.4 Å². The number of fused-ring (bicyclic) bond motifs is 1. The third kappa shape index (κ3) is 3.92. The van der Waals surface area contributed by atoms with Crippen molar-refractivity contribution in [3.8, 4) is 28.6 Å². The first-order valence-electron chi connectivity index (χ1n) is 10.9. The first-order chi connectivity index (χ1) is 17.0. The molecule has 2 aliphatic heterocycles. The van der Waals surface area contributed by atoms with Gasteiger partial charge in [-0.05, 0) is 49.4 Å². The van der Waals surface area contributed by atoms with Gasteiger partial charge in [0.25, 0.3) is 11.8 Å². The summed E-state index contributed by atoms with van der Waals surface area (Å²) < 4.78 is 21.4. The van der Waals surface area contributed by atoms with Gasteiger partial charge in [-0.2, -0.15) is 10.1 Å². The number of benzene rings is 2. The topological polar surface area (TPSA) is 132 Å². The van der Waals surface area contributed by atoms with Crippen molar-refractivity contribution in [2.24, 2.45) is 10.3 Å². The number of nitrogens with zero attached hydrogens (tertiary/aromatic N) is 6. The molecule has 2 aromatic carbocycles. The fraction of sp³-hybridized carbons (Fsp3) is 0.304. The van der Waals surface area contributed by atoms with Crippen molar-refractivity contribution < 1.29 is 28.3 Å². The van der Waals surface area contributed by atoms with Crippen LogP contribution in [0.5, 0.6) is 17.2 Å². The first-order valence-corrected chi connectivity index (χ1v) is 10.9. The normalized spacial score (nSPS) is 18.8. The lowest BCUT2D eigenvalue weighted by molar-refractivity contribution is -0.123.